The molecule has 0 N–H and O–H groups in total. The standard InChI is InChI=1S/C28H31F6NO4/c1-26(2,3)39-25(37)24(19-7-11-21(12-8-19)28(32,33)34)35-14-13-17(16-23(36)38-4)15-22(35)18-5-9-20(10-6-18)27(29,30)31/h5-12,17,22,24H,13-16H2,1-4H3/t17-,22+,24?/m1/s1. The fraction of sp³-hybridized carbons (Fsp3) is 0.500. The maximum atomic E-state index is 13.5. The molecule has 0 spiro atoms. The van der Waals surface area contributed by atoms with Crippen molar-refractivity contribution in [3.8, 4) is 0 Å². The first kappa shape index (κ1) is 30.5. The molecule has 2 aromatic rings. The molecule has 1 fully saturated rings. The number of esters is 2. The van der Waals surface area contributed by atoms with Crippen molar-refractivity contribution < 1.29 is 45.4 Å². The zero-order valence-electron chi connectivity index (χ0n) is 22.0. The van der Waals surface area contributed by atoms with Crippen LogP contribution < -0.4 is 0 Å². The molecule has 0 radical (unpaired) electrons. The van der Waals surface area contributed by atoms with Crippen molar-refractivity contribution in [1.29, 1.82) is 0 Å². The van der Waals surface area contributed by atoms with Gasteiger partial charge in [0.15, 0.2) is 0 Å². The van der Waals surface area contributed by atoms with E-state index in [1.165, 1.54) is 31.4 Å². The molecule has 39 heavy (non-hydrogen) atoms. The minimum Gasteiger partial charge on any atom is -0.469 e. The Hall–Kier alpha value is -3.08. The van der Waals surface area contributed by atoms with Crippen molar-refractivity contribution in [2.75, 3.05) is 13.7 Å². The number of halogens is 6. The van der Waals surface area contributed by atoms with Gasteiger partial charge in [-0.1, -0.05) is 24.3 Å². The van der Waals surface area contributed by atoms with Crippen molar-refractivity contribution in [1.82, 2.24) is 4.90 Å². The number of carbonyl (C=O) groups is 2. The van der Waals surface area contributed by atoms with Crippen LogP contribution in [0.25, 0.3) is 0 Å². The number of carbonyl (C=O) groups excluding carboxylic acids is 2. The monoisotopic (exact) mass is 559 g/mol. The van der Waals surface area contributed by atoms with Crippen molar-refractivity contribution in [2.24, 2.45) is 5.92 Å². The van der Waals surface area contributed by atoms with Crippen molar-refractivity contribution in [3.05, 3.63) is 70.8 Å². The van der Waals surface area contributed by atoms with Crippen LogP contribution in [-0.4, -0.2) is 36.1 Å². The van der Waals surface area contributed by atoms with Crippen molar-refractivity contribution >= 4 is 11.9 Å². The predicted molar refractivity (Wildman–Crippen MR) is 130 cm³/mol. The summed E-state index contributed by atoms with van der Waals surface area (Å²) in [4.78, 5) is 27.2. The number of alkyl halides is 6. The van der Waals surface area contributed by atoms with Crippen LogP contribution in [0.2, 0.25) is 0 Å². The smallest absolute Gasteiger partial charge is 0.416 e. The van der Waals surface area contributed by atoms with E-state index in [1.807, 2.05) is 0 Å². The van der Waals surface area contributed by atoms with Gasteiger partial charge in [0, 0.05) is 19.0 Å². The highest BCUT2D eigenvalue weighted by molar-refractivity contribution is 5.78. The normalized spacial score (nSPS) is 19.8. The van der Waals surface area contributed by atoms with E-state index in [-0.39, 0.29) is 24.4 Å². The molecule has 5 nitrogen and oxygen atoms in total. The van der Waals surface area contributed by atoms with E-state index >= 15 is 0 Å². The van der Waals surface area contributed by atoms with Gasteiger partial charge >= 0.3 is 24.3 Å². The molecule has 3 rings (SSSR count). The van der Waals surface area contributed by atoms with E-state index < -0.39 is 53.1 Å². The van der Waals surface area contributed by atoms with Crippen LogP contribution in [0.4, 0.5) is 26.3 Å². The first-order chi connectivity index (χ1) is 18.0. The molecule has 1 aliphatic rings. The number of methoxy groups -OCH3 is 1. The van der Waals surface area contributed by atoms with Crippen LogP contribution in [0.3, 0.4) is 0 Å². The third kappa shape index (κ3) is 7.97. The van der Waals surface area contributed by atoms with Crippen molar-refractivity contribution in [2.45, 2.75) is 70.1 Å². The van der Waals surface area contributed by atoms with Crippen LogP contribution >= 0.6 is 0 Å². The summed E-state index contributed by atoms with van der Waals surface area (Å²) in [5.74, 6) is -1.33. The highest BCUT2D eigenvalue weighted by Gasteiger charge is 2.41. The predicted octanol–water partition coefficient (Wildman–Crippen LogP) is 7.12. The fourth-order valence-electron chi connectivity index (χ4n) is 4.77. The van der Waals surface area contributed by atoms with E-state index in [4.69, 9.17) is 9.47 Å². The lowest BCUT2D eigenvalue weighted by atomic mass is 9.83. The largest absolute Gasteiger partial charge is 0.469 e. The summed E-state index contributed by atoms with van der Waals surface area (Å²) in [6.45, 7) is 5.21. The second-order valence-corrected chi connectivity index (χ2v) is 10.6. The third-order valence-electron chi connectivity index (χ3n) is 6.57. The van der Waals surface area contributed by atoms with Gasteiger partial charge in [-0.3, -0.25) is 9.69 Å². The first-order valence-electron chi connectivity index (χ1n) is 12.4. The maximum absolute atomic E-state index is 13.5. The van der Waals surface area contributed by atoms with E-state index in [2.05, 4.69) is 0 Å². The average Bonchev–Trinajstić information content (AvgIpc) is 2.83. The molecular weight excluding hydrogens is 528 g/mol. The number of likely N-dealkylation sites (tertiary alicyclic amines) is 1. The Morgan fingerprint density at radius 1 is 0.897 bits per heavy atom. The summed E-state index contributed by atoms with van der Waals surface area (Å²) < 4.78 is 89.7. The second kappa shape index (κ2) is 11.6. The molecular formula is C28H31F6NO4. The second-order valence-electron chi connectivity index (χ2n) is 10.6. The SMILES string of the molecule is COC(=O)C[C@@H]1CCN(C(C(=O)OC(C)(C)C)c2ccc(C(F)(F)F)cc2)[C@H](c2ccc(C(F)(F)F)cc2)C1. The topological polar surface area (TPSA) is 55.8 Å². The summed E-state index contributed by atoms with van der Waals surface area (Å²) in [6.07, 6.45) is -8.28. The molecule has 214 valence electrons. The number of rotatable bonds is 6. The van der Waals surface area contributed by atoms with Crippen LogP contribution in [0.1, 0.15) is 74.4 Å². The first-order valence-corrected chi connectivity index (χ1v) is 12.4. The Labute approximate surface area is 223 Å². The molecule has 0 amide bonds. The Morgan fingerprint density at radius 3 is 1.87 bits per heavy atom. The molecule has 0 aliphatic carbocycles. The third-order valence-corrected chi connectivity index (χ3v) is 6.57. The number of ether oxygens (including phenoxy) is 2. The quantitative estimate of drug-likeness (QED) is 0.279. The molecule has 2 aromatic carbocycles. The summed E-state index contributed by atoms with van der Waals surface area (Å²) in [6, 6.07) is 6.93. The molecule has 1 aliphatic heterocycles. The van der Waals surface area contributed by atoms with Crippen LogP contribution in [0, 0.1) is 5.92 Å². The summed E-state index contributed by atoms with van der Waals surface area (Å²) >= 11 is 0. The molecule has 1 heterocycles. The highest BCUT2D eigenvalue weighted by Crippen LogP contribution is 2.43. The van der Waals surface area contributed by atoms with Gasteiger partial charge in [0.05, 0.1) is 18.2 Å². The van der Waals surface area contributed by atoms with Crippen molar-refractivity contribution in [3.63, 3.8) is 0 Å². The molecule has 3 atom stereocenters. The Balaban J connectivity index is 2.07. The minimum atomic E-state index is -4.57. The lowest BCUT2D eigenvalue weighted by molar-refractivity contribution is -0.164. The van der Waals surface area contributed by atoms with Gasteiger partial charge in [0.2, 0.25) is 0 Å². The highest BCUT2D eigenvalue weighted by atomic mass is 19.4. The molecule has 0 saturated carbocycles. The van der Waals surface area contributed by atoms with Gasteiger partial charge in [-0.2, -0.15) is 26.3 Å². The lowest BCUT2D eigenvalue weighted by Crippen LogP contribution is -2.44. The average molecular weight is 560 g/mol. The van der Waals surface area contributed by atoms with E-state index in [9.17, 15) is 35.9 Å². The van der Waals surface area contributed by atoms with E-state index in [0.29, 0.717) is 18.4 Å². The van der Waals surface area contributed by atoms with E-state index in [1.54, 1.807) is 25.7 Å². The zero-order valence-corrected chi connectivity index (χ0v) is 22.0. The maximum Gasteiger partial charge on any atom is 0.416 e. The number of benzene rings is 2. The van der Waals surface area contributed by atoms with Crippen LogP contribution in [-0.2, 0) is 31.4 Å². The number of hydrogen-bond donors (Lipinski definition) is 0. The van der Waals surface area contributed by atoms with Gasteiger partial charge < -0.3 is 9.47 Å². The molecule has 1 saturated heterocycles. The fourth-order valence-corrected chi connectivity index (χ4v) is 4.77. The van der Waals surface area contributed by atoms with Crippen LogP contribution in [0.5, 0.6) is 0 Å². The van der Waals surface area contributed by atoms with Gasteiger partial charge in [-0.05, 0) is 74.9 Å². The Kier molecular flexibility index (Phi) is 9.04. The van der Waals surface area contributed by atoms with Gasteiger partial charge in [-0.15, -0.1) is 0 Å². The number of piperidine rings is 1. The molecule has 0 aromatic heterocycles. The summed E-state index contributed by atoms with van der Waals surface area (Å²) in [7, 11) is 1.26. The van der Waals surface area contributed by atoms with E-state index in [0.717, 1.165) is 24.3 Å². The minimum absolute atomic E-state index is 0.0822. The summed E-state index contributed by atoms with van der Waals surface area (Å²) in [5, 5.41) is 0. The molecule has 1 unspecified atom stereocenters. The molecule has 11 heteroatoms. The number of nitrogens with zero attached hydrogens (tertiary/aromatic N) is 1. The van der Waals surface area contributed by atoms with Gasteiger partial charge in [0.1, 0.15) is 11.6 Å². The lowest BCUT2D eigenvalue weighted by Gasteiger charge is -2.43. The zero-order chi connectivity index (χ0) is 29.2. The Bertz CT molecular complexity index is 1140. The Morgan fingerprint density at radius 2 is 1.41 bits per heavy atom. The van der Waals surface area contributed by atoms with Gasteiger partial charge in [-0.25, -0.2) is 4.79 Å². The summed E-state index contributed by atoms with van der Waals surface area (Å²) in [5.41, 5.74) is -1.91. The molecule has 0 bridgehead atoms. The van der Waals surface area contributed by atoms with Crippen LogP contribution in [0.15, 0.2) is 48.5 Å². The number of hydrogen-bond acceptors (Lipinski definition) is 5. The van der Waals surface area contributed by atoms with Gasteiger partial charge in [0.25, 0.3) is 0 Å².